The standard InChI is InChI=1S/2C26H44O9/c2*1-16(13-23(30)33-11-9-7-5-4-6-8-10-22(28)29)12-20-25(32)24(31)19(15-34-20)14-21-26(35-21)17(2)18(3)27/h2*13,17-21,24-27,31-32H,4-12,14-15H2,1-3H3,(H,28,29)/b2*16-13+/t2*17-,18-,19-,20-,21-,24+,25-,26-/m00/s1. The van der Waals surface area contributed by atoms with Crippen molar-refractivity contribution in [1.82, 2.24) is 0 Å². The highest BCUT2D eigenvalue weighted by molar-refractivity contribution is 5.83. The SMILES string of the molecule is C/C(=C\C(=O)OCCCCCCCCC(=O)O)C[C@@H]1OC[C@H](C[C@@H]2O[C@H]2[C@@H](C)[C@H](C)O)[C@@H](O)[C@H]1O.C/C(=C\C(=O)OCCCCCCCCC(=O)O)C[C@@H]1OC[C@H](C[C@@H]2O[C@H]2[C@@H](C)[C@H](C)O)[C@@H](O)[C@H]1O. The van der Waals surface area contributed by atoms with Gasteiger partial charge in [-0.05, 0) is 79.1 Å². The Hall–Kier alpha value is -3.04. The van der Waals surface area contributed by atoms with Gasteiger partial charge in [0.1, 0.15) is 12.2 Å². The van der Waals surface area contributed by atoms with E-state index < -0.39 is 72.7 Å². The second-order valence-electron chi connectivity index (χ2n) is 20.4. The average Bonchev–Trinajstić information content (AvgIpc) is 4.23. The number of hydrogen-bond donors (Lipinski definition) is 8. The molecule has 4 heterocycles. The number of unbranched alkanes of at least 4 members (excludes halogenated alkanes) is 10. The lowest BCUT2D eigenvalue weighted by Gasteiger charge is -2.38. The lowest BCUT2D eigenvalue weighted by atomic mass is 9.85. The van der Waals surface area contributed by atoms with Crippen molar-refractivity contribution >= 4 is 23.9 Å². The fourth-order valence-electron chi connectivity index (χ4n) is 9.18. The molecule has 0 bridgehead atoms. The third kappa shape index (κ3) is 23.2. The Labute approximate surface area is 415 Å². The quantitative estimate of drug-likeness (QED) is 0.0186. The minimum atomic E-state index is -1.06. The lowest BCUT2D eigenvalue weighted by molar-refractivity contribution is -0.165. The van der Waals surface area contributed by atoms with Crippen LogP contribution in [0.3, 0.4) is 0 Å². The average molecular weight is 1000 g/mol. The van der Waals surface area contributed by atoms with Crippen LogP contribution in [0.2, 0.25) is 0 Å². The van der Waals surface area contributed by atoms with Crippen molar-refractivity contribution in [3.63, 3.8) is 0 Å². The molecule has 70 heavy (non-hydrogen) atoms. The van der Waals surface area contributed by atoms with E-state index in [1.54, 1.807) is 27.7 Å². The summed E-state index contributed by atoms with van der Waals surface area (Å²) in [5, 5.41) is 78.9. The van der Waals surface area contributed by atoms with E-state index in [1.165, 1.54) is 12.2 Å². The van der Waals surface area contributed by atoms with Crippen LogP contribution in [0.15, 0.2) is 23.3 Å². The van der Waals surface area contributed by atoms with Crippen molar-refractivity contribution in [3.8, 4) is 0 Å². The number of ether oxygens (including phenoxy) is 6. The maximum Gasteiger partial charge on any atom is 0.330 e. The number of aliphatic carboxylic acids is 2. The summed E-state index contributed by atoms with van der Waals surface area (Å²) in [7, 11) is 0. The normalized spacial score (nSPS) is 30.5. The maximum atomic E-state index is 12.1. The van der Waals surface area contributed by atoms with Gasteiger partial charge in [-0.15, -0.1) is 0 Å². The lowest BCUT2D eigenvalue weighted by Crippen LogP contribution is -2.50. The number of carboxylic acids is 2. The van der Waals surface area contributed by atoms with E-state index >= 15 is 0 Å². The molecule has 404 valence electrons. The number of aliphatic hydroxyl groups is 6. The summed E-state index contributed by atoms with van der Waals surface area (Å²) in [4.78, 5) is 45.0. The second kappa shape index (κ2) is 32.2. The first kappa shape index (κ1) is 61.3. The van der Waals surface area contributed by atoms with Gasteiger partial charge in [-0.1, -0.05) is 76.4 Å². The third-order valence-electron chi connectivity index (χ3n) is 14.2. The Balaban J connectivity index is 0.000000370. The van der Waals surface area contributed by atoms with Crippen LogP contribution in [0.4, 0.5) is 0 Å². The topological polar surface area (TPSA) is 292 Å². The summed E-state index contributed by atoms with van der Waals surface area (Å²) in [6, 6.07) is 0. The monoisotopic (exact) mass is 1000 g/mol. The predicted octanol–water partition coefficient (Wildman–Crippen LogP) is 5.19. The van der Waals surface area contributed by atoms with E-state index in [1.807, 2.05) is 13.8 Å². The zero-order valence-corrected chi connectivity index (χ0v) is 42.6. The second-order valence-corrected chi connectivity index (χ2v) is 20.4. The zero-order valence-electron chi connectivity index (χ0n) is 42.6. The number of esters is 2. The van der Waals surface area contributed by atoms with Gasteiger partial charge < -0.3 is 69.3 Å². The van der Waals surface area contributed by atoms with Gasteiger partial charge in [0, 0.05) is 48.7 Å². The molecule has 0 aromatic carbocycles. The van der Waals surface area contributed by atoms with Crippen LogP contribution in [-0.4, -0.2) is 164 Å². The Morgan fingerprint density at radius 1 is 0.514 bits per heavy atom. The summed E-state index contributed by atoms with van der Waals surface area (Å²) in [6.45, 7) is 12.1. The number of aliphatic hydroxyl groups excluding tert-OH is 6. The van der Waals surface area contributed by atoms with Crippen molar-refractivity contribution in [1.29, 1.82) is 0 Å². The summed E-state index contributed by atoms with van der Waals surface area (Å²) < 4.78 is 33.4. The first-order valence-corrected chi connectivity index (χ1v) is 25.9. The highest BCUT2D eigenvalue weighted by Crippen LogP contribution is 2.40. The number of rotatable bonds is 32. The van der Waals surface area contributed by atoms with Crippen LogP contribution in [0, 0.1) is 23.7 Å². The van der Waals surface area contributed by atoms with E-state index in [-0.39, 0.29) is 60.9 Å². The molecule has 18 nitrogen and oxygen atoms in total. The minimum absolute atomic E-state index is 0.0160. The van der Waals surface area contributed by atoms with E-state index in [0.29, 0.717) is 76.1 Å². The fraction of sp³-hybridized carbons (Fsp3) is 0.846. The Morgan fingerprint density at radius 2 is 0.843 bits per heavy atom. The Bertz CT molecular complexity index is 1500. The molecule has 0 aromatic heterocycles. The molecule has 0 unspecified atom stereocenters. The van der Waals surface area contributed by atoms with Gasteiger partial charge in [0.25, 0.3) is 0 Å². The van der Waals surface area contributed by atoms with E-state index in [0.717, 1.165) is 64.2 Å². The van der Waals surface area contributed by atoms with Gasteiger partial charge in [-0.25, -0.2) is 9.59 Å². The molecule has 4 aliphatic rings. The van der Waals surface area contributed by atoms with Crippen LogP contribution < -0.4 is 0 Å². The molecular weight excluding hydrogens is 913 g/mol. The van der Waals surface area contributed by atoms with Crippen molar-refractivity contribution in [2.75, 3.05) is 26.4 Å². The van der Waals surface area contributed by atoms with Crippen molar-refractivity contribution < 1.29 is 88.5 Å². The molecule has 0 spiro atoms. The van der Waals surface area contributed by atoms with Gasteiger partial charge in [-0.3, -0.25) is 9.59 Å². The fourth-order valence-corrected chi connectivity index (χ4v) is 9.18. The van der Waals surface area contributed by atoms with Gasteiger partial charge in [0.15, 0.2) is 0 Å². The molecule has 18 heteroatoms. The van der Waals surface area contributed by atoms with Crippen molar-refractivity contribution in [2.24, 2.45) is 23.7 Å². The third-order valence-corrected chi connectivity index (χ3v) is 14.2. The Kier molecular flexibility index (Phi) is 28.2. The number of carbonyl (C=O) groups is 4. The molecule has 0 aromatic rings. The molecule has 0 aliphatic carbocycles. The van der Waals surface area contributed by atoms with Crippen LogP contribution >= 0.6 is 0 Å². The minimum Gasteiger partial charge on any atom is -0.481 e. The zero-order chi connectivity index (χ0) is 51.9. The predicted molar refractivity (Wildman–Crippen MR) is 257 cm³/mol. The number of carbonyl (C=O) groups excluding carboxylic acids is 2. The van der Waals surface area contributed by atoms with E-state index in [9.17, 15) is 49.8 Å². The molecule has 0 radical (unpaired) electrons. The van der Waals surface area contributed by atoms with Gasteiger partial charge in [-0.2, -0.15) is 0 Å². The van der Waals surface area contributed by atoms with Crippen LogP contribution in [0.25, 0.3) is 0 Å². The van der Waals surface area contributed by atoms with E-state index in [2.05, 4.69) is 0 Å². The summed E-state index contributed by atoms with van der Waals surface area (Å²) >= 11 is 0. The van der Waals surface area contributed by atoms with Crippen molar-refractivity contribution in [3.05, 3.63) is 23.3 Å². The van der Waals surface area contributed by atoms with Crippen molar-refractivity contribution in [2.45, 2.75) is 230 Å². The number of carboxylic acid groups (broad SMARTS) is 2. The molecule has 16 atom stereocenters. The first-order valence-electron chi connectivity index (χ1n) is 25.9. The highest BCUT2D eigenvalue weighted by Gasteiger charge is 2.50. The smallest absolute Gasteiger partial charge is 0.330 e. The molecule has 0 saturated carbocycles. The van der Waals surface area contributed by atoms with Crippen LogP contribution in [0.5, 0.6) is 0 Å². The molecule has 4 fully saturated rings. The summed E-state index contributed by atoms with van der Waals surface area (Å²) in [5.74, 6) is -2.84. The van der Waals surface area contributed by atoms with Gasteiger partial charge in [0.2, 0.25) is 0 Å². The molecule has 4 saturated heterocycles. The van der Waals surface area contributed by atoms with E-state index in [4.69, 9.17) is 38.6 Å². The molecule has 8 N–H and O–H groups in total. The molecular formula is C52H88O18. The van der Waals surface area contributed by atoms with Crippen LogP contribution in [-0.2, 0) is 47.6 Å². The number of epoxide rings is 2. The summed E-state index contributed by atoms with van der Waals surface area (Å²) in [5.41, 5.74) is 1.42. The Morgan fingerprint density at radius 3 is 1.17 bits per heavy atom. The molecule has 0 amide bonds. The summed E-state index contributed by atoms with van der Waals surface area (Å²) in [6.07, 6.45) is 9.23. The maximum absolute atomic E-state index is 12.1. The number of hydrogen-bond acceptors (Lipinski definition) is 16. The first-order chi connectivity index (χ1) is 33.2. The largest absolute Gasteiger partial charge is 0.481 e. The highest BCUT2D eigenvalue weighted by atomic mass is 16.6. The van der Waals surface area contributed by atoms with Crippen LogP contribution in [0.1, 0.15) is 157 Å². The molecule has 4 aliphatic heterocycles. The van der Waals surface area contributed by atoms with Gasteiger partial charge in [0.05, 0.1) is 87.5 Å². The molecule has 4 rings (SSSR count). The van der Waals surface area contributed by atoms with Gasteiger partial charge >= 0.3 is 23.9 Å².